The minimum absolute atomic E-state index is 0.780. The Morgan fingerprint density at radius 3 is 2.32 bits per heavy atom. The molecule has 2 N–H and O–H groups in total. The van der Waals surface area contributed by atoms with E-state index in [1.807, 2.05) is 19.2 Å². The lowest BCUT2D eigenvalue weighted by atomic mass is 10.1. The van der Waals surface area contributed by atoms with Crippen LogP contribution < -0.4 is 10.6 Å². The van der Waals surface area contributed by atoms with E-state index in [1.165, 1.54) is 5.56 Å². The largest absolute Gasteiger partial charge is 0.356 e. The van der Waals surface area contributed by atoms with Gasteiger partial charge in [0, 0.05) is 25.2 Å². The van der Waals surface area contributed by atoms with Crippen LogP contribution in [0.15, 0.2) is 29.3 Å². The van der Waals surface area contributed by atoms with Gasteiger partial charge in [0.05, 0.1) is 0 Å². The molecule has 1 rings (SSSR count). The van der Waals surface area contributed by atoms with Crippen LogP contribution in [-0.2, 0) is 6.42 Å². The van der Waals surface area contributed by atoms with Crippen molar-refractivity contribution in [3.05, 3.63) is 34.9 Å². The average molecular weight is 325 g/mol. The summed E-state index contributed by atoms with van der Waals surface area (Å²) < 4.78 is 0. The third kappa shape index (κ3) is 7.66. The zero-order valence-electron chi connectivity index (χ0n) is 14.0. The Labute approximate surface area is 140 Å². The van der Waals surface area contributed by atoms with Gasteiger partial charge >= 0.3 is 0 Å². The highest BCUT2D eigenvalue weighted by molar-refractivity contribution is 6.30. The highest BCUT2D eigenvalue weighted by atomic mass is 35.5. The summed E-state index contributed by atoms with van der Waals surface area (Å²) in [4.78, 5) is 6.68. The molecule has 0 saturated heterocycles. The predicted octanol–water partition coefficient (Wildman–Crippen LogP) is 2.78. The molecule has 1 aromatic carbocycles. The molecule has 0 aliphatic carbocycles. The minimum Gasteiger partial charge on any atom is -0.356 e. The van der Waals surface area contributed by atoms with E-state index < -0.39 is 0 Å². The van der Waals surface area contributed by atoms with E-state index in [2.05, 4.69) is 46.5 Å². The average Bonchev–Trinajstić information content (AvgIpc) is 2.55. The van der Waals surface area contributed by atoms with Crippen LogP contribution in [0.1, 0.15) is 25.8 Å². The van der Waals surface area contributed by atoms with E-state index >= 15 is 0 Å². The maximum atomic E-state index is 5.88. The number of hydrogen-bond acceptors (Lipinski definition) is 2. The van der Waals surface area contributed by atoms with Gasteiger partial charge in [0.1, 0.15) is 0 Å². The van der Waals surface area contributed by atoms with E-state index in [9.17, 15) is 0 Å². The fourth-order valence-electron chi connectivity index (χ4n) is 2.25. The predicted molar refractivity (Wildman–Crippen MR) is 96.9 cm³/mol. The van der Waals surface area contributed by atoms with Crippen molar-refractivity contribution in [3.63, 3.8) is 0 Å². The zero-order valence-corrected chi connectivity index (χ0v) is 14.8. The van der Waals surface area contributed by atoms with Crippen molar-refractivity contribution in [1.82, 2.24) is 15.5 Å². The highest BCUT2D eigenvalue weighted by Gasteiger charge is 2.00. The van der Waals surface area contributed by atoms with Gasteiger partial charge in [-0.3, -0.25) is 4.99 Å². The number of benzene rings is 1. The Hall–Kier alpha value is -1.26. The van der Waals surface area contributed by atoms with Crippen molar-refractivity contribution < 1.29 is 0 Å². The molecule has 0 spiro atoms. The van der Waals surface area contributed by atoms with E-state index in [0.29, 0.717) is 0 Å². The van der Waals surface area contributed by atoms with Crippen LogP contribution in [0.4, 0.5) is 0 Å². The molecule has 1 aromatic rings. The fourth-order valence-corrected chi connectivity index (χ4v) is 2.37. The molecule has 0 saturated carbocycles. The smallest absolute Gasteiger partial charge is 0.190 e. The van der Waals surface area contributed by atoms with Crippen LogP contribution in [0, 0.1) is 0 Å². The number of nitrogens with one attached hydrogen (secondary N) is 2. The van der Waals surface area contributed by atoms with Gasteiger partial charge in [-0.25, -0.2) is 0 Å². The second kappa shape index (κ2) is 11.3. The first-order valence-corrected chi connectivity index (χ1v) is 8.48. The van der Waals surface area contributed by atoms with Crippen molar-refractivity contribution in [1.29, 1.82) is 0 Å². The van der Waals surface area contributed by atoms with Crippen LogP contribution in [-0.4, -0.2) is 50.6 Å². The van der Waals surface area contributed by atoms with E-state index in [0.717, 1.165) is 56.5 Å². The van der Waals surface area contributed by atoms with Gasteiger partial charge in [-0.15, -0.1) is 0 Å². The van der Waals surface area contributed by atoms with Gasteiger partial charge in [0.2, 0.25) is 0 Å². The van der Waals surface area contributed by atoms with Gasteiger partial charge < -0.3 is 15.5 Å². The molecule has 124 valence electrons. The Morgan fingerprint density at radius 2 is 1.73 bits per heavy atom. The van der Waals surface area contributed by atoms with Crippen LogP contribution in [0.3, 0.4) is 0 Å². The first kappa shape index (κ1) is 18.8. The van der Waals surface area contributed by atoms with Crippen molar-refractivity contribution in [2.75, 3.05) is 39.8 Å². The molecular weight excluding hydrogens is 296 g/mol. The number of halogens is 1. The van der Waals surface area contributed by atoms with Gasteiger partial charge in [-0.05, 0) is 50.2 Å². The second-order valence-corrected chi connectivity index (χ2v) is 5.62. The maximum absolute atomic E-state index is 5.88. The summed E-state index contributed by atoms with van der Waals surface area (Å²) in [6.07, 6.45) is 2.08. The lowest BCUT2D eigenvalue weighted by Gasteiger charge is -2.18. The van der Waals surface area contributed by atoms with Crippen molar-refractivity contribution in [2.24, 2.45) is 4.99 Å². The zero-order chi connectivity index (χ0) is 16.2. The molecular formula is C17H29ClN4. The number of hydrogen-bond donors (Lipinski definition) is 2. The van der Waals surface area contributed by atoms with E-state index in [1.54, 1.807) is 0 Å². The van der Waals surface area contributed by atoms with Gasteiger partial charge in [0.25, 0.3) is 0 Å². The maximum Gasteiger partial charge on any atom is 0.190 e. The van der Waals surface area contributed by atoms with Crippen molar-refractivity contribution >= 4 is 17.6 Å². The number of rotatable bonds is 9. The van der Waals surface area contributed by atoms with Crippen LogP contribution in [0.2, 0.25) is 5.02 Å². The monoisotopic (exact) mass is 324 g/mol. The third-order valence-electron chi connectivity index (χ3n) is 3.68. The molecule has 0 unspecified atom stereocenters. The first-order chi connectivity index (χ1) is 10.7. The van der Waals surface area contributed by atoms with Crippen LogP contribution >= 0.6 is 11.6 Å². The van der Waals surface area contributed by atoms with Gasteiger partial charge in [0.15, 0.2) is 5.96 Å². The summed E-state index contributed by atoms with van der Waals surface area (Å²) in [6.45, 7) is 9.56. The minimum atomic E-state index is 0.780. The summed E-state index contributed by atoms with van der Waals surface area (Å²) in [5.74, 6) is 0.869. The Morgan fingerprint density at radius 1 is 1.09 bits per heavy atom. The molecule has 0 amide bonds. The molecule has 22 heavy (non-hydrogen) atoms. The fraction of sp³-hybridized carbons (Fsp3) is 0.588. The molecule has 0 aliphatic rings. The summed E-state index contributed by atoms with van der Waals surface area (Å²) in [5.41, 5.74) is 1.27. The normalized spacial score (nSPS) is 11.8. The molecule has 0 aromatic heterocycles. The van der Waals surface area contributed by atoms with Crippen molar-refractivity contribution in [3.8, 4) is 0 Å². The molecule has 0 radical (unpaired) electrons. The molecule has 4 nitrogen and oxygen atoms in total. The third-order valence-corrected chi connectivity index (χ3v) is 3.93. The first-order valence-electron chi connectivity index (χ1n) is 8.10. The standard InChI is InChI=1S/C17H29ClN4/c1-4-22(5-2)14-6-12-20-17(19-3)21-13-11-15-7-9-16(18)10-8-15/h7-10H,4-6,11-14H2,1-3H3,(H2,19,20,21). The molecule has 0 aliphatic heterocycles. The van der Waals surface area contributed by atoms with Crippen LogP contribution in [0.25, 0.3) is 0 Å². The topological polar surface area (TPSA) is 39.7 Å². The van der Waals surface area contributed by atoms with E-state index in [-0.39, 0.29) is 0 Å². The molecule has 0 bridgehead atoms. The lowest BCUT2D eigenvalue weighted by Crippen LogP contribution is -2.39. The summed E-state index contributed by atoms with van der Waals surface area (Å²) in [6, 6.07) is 7.98. The molecule has 0 heterocycles. The Bertz CT molecular complexity index is 427. The summed E-state index contributed by atoms with van der Waals surface area (Å²) >= 11 is 5.88. The number of nitrogens with zero attached hydrogens (tertiary/aromatic N) is 2. The number of aliphatic imine (C=N–C) groups is 1. The van der Waals surface area contributed by atoms with Gasteiger partial charge in [-0.2, -0.15) is 0 Å². The van der Waals surface area contributed by atoms with Gasteiger partial charge in [-0.1, -0.05) is 37.6 Å². The molecule has 0 atom stereocenters. The lowest BCUT2D eigenvalue weighted by molar-refractivity contribution is 0.300. The van der Waals surface area contributed by atoms with Crippen molar-refractivity contribution in [2.45, 2.75) is 26.7 Å². The second-order valence-electron chi connectivity index (χ2n) is 5.18. The summed E-state index contributed by atoms with van der Waals surface area (Å²) in [5, 5.41) is 7.48. The van der Waals surface area contributed by atoms with Crippen LogP contribution in [0.5, 0.6) is 0 Å². The highest BCUT2D eigenvalue weighted by Crippen LogP contribution is 2.09. The Balaban J connectivity index is 2.18. The Kier molecular flexibility index (Phi) is 9.67. The quantitative estimate of drug-likeness (QED) is 0.417. The molecule has 5 heteroatoms. The van der Waals surface area contributed by atoms with E-state index in [4.69, 9.17) is 11.6 Å². The summed E-state index contributed by atoms with van der Waals surface area (Å²) in [7, 11) is 1.81. The SMILES string of the molecule is CCN(CC)CCCNC(=NC)NCCc1ccc(Cl)cc1. The molecule has 0 fully saturated rings. The number of guanidine groups is 1.